The standard InChI is InChI=1S/C71H48F6N3O.Ir/c72-70(73,74)69(71(75,76)77)39-48-13-12-20-54(36-48)55-29-31-60-61-32-30-56(41-68(61)81-67(60)40-55)62-42-66(53-18-8-3-9-19-53)80-45-63(62)59-22-11-10-21-58(59)57-37-49(25-23-46-27-33-64(78-43-46)51-14-4-1-5-15-51)35-50(38-57)26-24-47-28-34-65(79-44-47)52-16-6-2-7-17-52;/h1-14,16,18,20-22,27-38,40-45,69H,23-26,39H2;/q-3;+3. The average molecular weight is 1270 g/mol. The molecule has 0 aliphatic rings. The van der Waals surface area contributed by atoms with Crippen LogP contribution in [0.5, 0.6) is 0 Å². The summed E-state index contributed by atoms with van der Waals surface area (Å²) in [6, 6.07) is 76.4. The molecule has 0 fully saturated rings. The second-order valence-electron chi connectivity index (χ2n) is 20.2. The van der Waals surface area contributed by atoms with Crippen LogP contribution in [0.15, 0.2) is 229 Å². The quantitative estimate of drug-likeness (QED) is 0.0758. The van der Waals surface area contributed by atoms with Crippen LogP contribution in [0.2, 0.25) is 0 Å². The van der Waals surface area contributed by atoms with Crippen LogP contribution in [0.3, 0.4) is 0 Å². The van der Waals surface area contributed by atoms with Gasteiger partial charge < -0.3 is 19.4 Å². The first-order valence-corrected chi connectivity index (χ1v) is 26.6. The van der Waals surface area contributed by atoms with Gasteiger partial charge in [0.2, 0.25) is 0 Å². The first-order chi connectivity index (χ1) is 39.4. The van der Waals surface area contributed by atoms with Gasteiger partial charge in [-0.25, -0.2) is 0 Å². The van der Waals surface area contributed by atoms with Crippen molar-refractivity contribution in [2.75, 3.05) is 0 Å². The van der Waals surface area contributed by atoms with E-state index >= 15 is 0 Å². The maximum absolute atomic E-state index is 13.5. The summed E-state index contributed by atoms with van der Waals surface area (Å²) < 4.78 is 87.8. The predicted octanol–water partition coefficient (Wildman–Crippen LogP) is 18.7. The van der Waals surface area contributed by atoms with Crippen LogP contribution in [-0.2, 0) is 52.2 Å². The van der Waals surface area contributed by atoms with E-state index in [1.165, 1.54) is 29.3 Å². The van der Waals surface area contributed by atoms with Gasteiger partial charge in [-0.2, -0.15) is 26.3 Å². The van der Waals surface area contributed by atoms with Crippen molar-refractivity contribution in [1.82, 2.24) is 15.0 Å². The molecule has 0 N–H and O–H groups in total. The van der Waals surface area contributed by atoms with E-state index in [1.807, 2.05) is 116 Å². The van der Waals surface area contributed by atoms with Crippen molar-refractivity contribution in [3.05, 3.63) is 271 Å². The Kier molecular flexibility index (Phi) is 16.0. The van der Waals surface area contributed by atoms with Crippen LogP contribution in [0.1, 0.15) is 27.8 Å². The summed E-state index contributed by atoms with van der Waals surface area (Å²) in [5.41, 5.74) is 17.7. The molecule has 0 spiro atoms. The summed E-state index contributed by atoms with van der Waals surface area (Å²) in [5.74, 6) is -3.48. The third-order valence-electron chi connectivity index (χ3n) is 14.8. The third kappa shape index (κ3) is 12.3. The minimum absolute atomic E-state index is 0. The fraction of sp³-hybridized carbons (Fsp3) is 0.113. The molecular formula is C71H48F6IrN3O. The second kappa shape index (κ2) is 23.8. The first-order valence-electron chi connectivity index (χ1n) is 26.6. The largest absolute Gasteiger partial charge is 3.00 e. The SMILES string of the molecule is FC(F)(F)C(Cc1cccc(-c2ccc3c(c2)oc2cc(-c4cc(-c5[c-]cccc5)ncc4-c4ccccc4-c4cc(CCc5ccc(-c6[c-]cccc6)nc5)cc(CCc5ccc(-c6[c-]cccc6)nc5)c4)ccc23)c1)C(F)(F)F.[Ir+3]. The minimum Gasteiger partial charge on any atom is -0.456 e. The van der Waals surface area contributed by atoms with Gasteiger partial charge in [0.25, 0.3) is 0 Å². The molecule has 8 aromatic carbocycles. The Hall–Kier alpha value is -8.76. The van der Waals surface area contributed by atoms with E-state index in [4.69, 9.17) is 19.4 Å². The summed E-state index contributed by atoms with van der Waals surface area (Å²) in [4.78, 5) is 14.6. The van der Waals surface area contributed by atoms with Gasteiger partial charge in [-0.05, 0) is 140 Å². The topological polar surface area (TPSA) is 51.8 Å². The molecule has 4 nitrogen and oxygen atoms in total. The molecule has 4 heterocycles. The van der Waals surface area contributed by atoms with Crippen molar-refractivity contribution >= 4 is 21.9 Å². The molecule has 12 aromatic rings. The molecule has 0 amide bonds. The number of nitrogens with zero attached hydrogens (tertiary/aromatic N) is 3. The minimum atomic E-state index is -5.44. The van der Waals surface area contributed by atoms with Crippen LogP contribution in [-0.4, -0.2) is 27.3 Å². The van der Waals surface area contributed by atoms with E-state index in [9.17, 15) is 26.3 Å². The molecule has 0 aliphatic heterocycles. The molecule has 0 atom stereocenters. The number of hydrogen-bond acceptors (Lipinski definition) is 4. The number of furan rings is 1. The van der Waals surface area contributed by atoms with Crippen molar-refractivity contribution < 1.29 is 50.9 Å². The molecule has 11 heteroatoms. The Morgan fingerprint density at radius 1 is 0.366 bits per heavy atom. The molecule has 0 saturated carbocycles. The van der Waals surface area contributed by atoms with Crippen molar-refractivity contribution in [2.45, 2.75) is 44.5 Å². The molecule has 0 aliphatic carbocycles. The number of benzene rings is 8. The second-order valence-corrected chi connectivity index (χ2v) is 20.2. The van der Waals surface area contributed by atoms with Crippen molar-refractivity contribution in [1.29, 1.82) is 0 Å². The Labute approximate surface area is 484 Å². The zero-order valence-corrected chi connectivity index (χ0v) is 46.2. The van der Waals surface area contributed by atoms with Crippen molar-refractivity contribution in [2.24, 2.45) is 5.92 Å². The molecule has 82 heavy (non-hydrogen) atoms. The fourth-order valence-electron chi connectivity index (χ4n) is 10.6. The summed E-state index contributed by atoms with van der Waals surface area (Å²) in [6.45, 7) is 0. The monoisotopic (exact) mass is 1270 g/mol. The summed E-state index contributed by atoms with van der Waals surface area (Å²) in [7, 11) is 0. The number of pyridine rings is 3. The molecule has 0 radical (unpaired) electrons. The number of alkyl halides is 6. The molecule has 12 rings (SSSR count). The number of rotatable bonds is 15. The normalized spacial score (nSPS) is 11.8. The van der Waals surface area contributed by atoms with E-state index in [0.29, 0.717) is 22.3 Å². The first kappa shape index (κ1) is 55.2. The van der Waals surface area contributed by atoms with Gasteiger partial charge in [-0.1, -0.05) is 109 Å². The predicted molar refractivity (Wildman–Crippen MR) is 309 cm³/mol. The summed E-state index contributed by atoms with van der Waals surface area (Å²) in [6.07, 6.45) is -3.10. The zero-order valence-electron chi connectivity index (χ0n) is 43.8. The molecule has 0 saturated heterocycles. The van der Waals surface area contributed by atoms with E-state index in [1.54, 1.807) is 18.2 Å². The Bertz CT molecular complexity index is 4050. The molecule has 0 bridgehead atoms. The van der Waals surface area contributed by atoms with Gasteiger partial charge in [0.15, 0.2) is 5.92 Å². The van der Waals surface area contributed by atoms with Crippen molar-refractivity contribution in [3.8, 4) is 78.3 Å². The van der Waals surface area contributed by atoms with Crippen LogP contribution in [0.4, 0.5) is 26.3 Å². The Morgan fingerprint density at radius 3 is 1.39 bits per heavy atom. The molecular weight excluding hydrogens is 1220 g/mol. The summed E-state index contributed by atoms with van der Waals surface area (Å²) in [5, 5.41) is 1.64. The average Bonchev–Trinajstić information content (AvgIpc) is 3.97. The number of aryl methyl sites for hydroxylation is 4. The van der Waals surface area contributed by atoms with Gasteiger partial charge in [-0.3, -0.25) is 0 Å². The number of aromatic nitrogens is 3. The van der Waals surface area contributed by atoms with E-state index in [0.717, 1.165) is 115 Å². The zero-order chi connectivity index (χ0) is 55.5. The maximum Gasteiger partial charge on any atom is 3.00 e. The van der Waals surface area contributed by atoms with Gasteiger partial charge >= 0.3 is 32.5 Å². The fourth-order valence-corrected chi connectivity index (χ4v) is 10.6. The summed E-state index contributed by atoms with van der Waals surface area (Å²) >= 11 is 0. The number of fused-ring (bicyclic) bond motifs is 3. The van der Waals surface area contributed by atoms with Crippen LogP contribution in [0.25, 0.3) is 100 Å². The van der Waals surface area contributed by atoms with Gasteiger partial charge in [0.05, 0.1) is 0 Å². The van der Waals surface area contributed by atoms with E-state index in [-0.39, 0.29) is 25.7 Å². The van der Waals surface area contributed by atoms with Crippen LogP contribution in [0, 0.1) is 24.1 Å². The van der Waals surface area contributed by atoms with Gasteiger partial charge in [0.1, 0.15) is 11.2 Å². The van der Waals surface area contributed by atoms with Crippen LogP contribution >= 0.6 is 0 Å². The van der Waals surface area contributed by atoms with Crippen LogP contribution < -0.4 is 0 Å². The van der Waals surface area contributed by atoms with Crippen molar-refractivity contribution in [3.63, 3.8) is 0 Å². The van der Waals surface area contributed by atoms with Gasteiger partial charge in [0, 0.05) is 34.9 Å². The Balaban J connectivity index is 0.00000705. The third-order valence-corrected chi connectivity index (χ3v) is 14.8. The molecule has 4 aromatic heterocycles. The smallest absolute Gasteiger partial charge is 0.456 e. The van der Waals surface area contributed by atoms with E-state index < -0.39 is 24.7 Å². The number of halogens is 6. The number of hydrogen-bond donors (Lipinski definition) is 0. The van der Waals surface area contributed by atoms with Gasteiger partial charge in [-0.15, -0.1) is 108 Å². The van der Waals surface area contributed by atoms with E-state index in [2.05, 4.69) is 91.0 Å². The maximum atomic E-state index is 13.5. The molecule has 0 unspecified atom stereocenters. The Morgan fingerprint density at radius 2 is 0.854 bits per heavy atom. The molecule has 404 valence electrons.